The van der Waals surface area contributed by atoms with Crippen molar-refractivity contribution in [3.63, 3.8) is 0 Å². The number of carbonyl (C=O) groups is 1. The SMILES string of the molecule is CS(=O)(=O)N1CCCC(C(=O)NCCOc2ccc(C(F)(F)F)cc2)C1. The van der Waals surface area contributed by atoms with Crippen molar-refractivity contribution in [2.24, 2.45) is 5.92 Å². The highest BCUT2D eigenvalue weighted by atomic mass is 32.2. The third-order valence-corrected chi connectivity index (χ3v) is 5.35. The first-order valence-electron chi connectivity index (χ1n) is 8.10. The minimum absolute atomic E-state index is 0.0968. The smallest absolute Gasteiger partial charge is 0.416 e. The first kappa shape index (κ1) is 20.5. The summed E-state index contributed by atoms with van der Waals surface area (Å²) < 4.78 is 67.1. The van der Waals surface area contributed by atoms with Crippen molar-refractivity contribution in [1.82, 2.24) is 9.62 Å². The monoisotopic (exact) mass is 394 g/mol. The van der Waals surface area contributed by atoms with Crippen molar-refractivity contribution < 1.29 is 31.1 Å². The second-order valence-electron chi connectivity index (χ2n) is 6.12. The quantitative estimate of drug-likeness (QED) is 0.748. The van der Waals surface area contributed by atoms with Crippen LogP contribution in [0.25, 0.3) is 0 Å². The summed E-state index contributed by atoms with van der Waals surface area (Å²) in [7, 11) is -3.32. The number of alkyl halides is 3. The highest BCUT2D eigenvalue weighted by molar-refractivity contribution is 7.88. The van der Waals surface area contributed by atoms with Crippen LogP contribution in [0.5, 0.6) is 5.75 Å². The molecule has 0 aliphatic carbocycles. The molecule has 1 atom stereocenters. The summed E-state index contributed by atoms with van der Waals surface area (Å²) in [4.78, 5) is 12.1. The highest BCUT2D eigenvalue weighted by Crippen LogP contribution is 2.30. The van der Waals surface area contributed by atoms with Crippen LogP contribution in [0.2, 0.25) is 0 Å². The van der Waals surface area contributed by atoms with E-state index >= 15 is 0 Å². The first-order valence-corrected chi connectivity index (χ1v) is 9.95. The lowest BCUT2D eigenvalue weighted by Gasteiger charge is -2.30. The summed E-state index contributed by atoms with van der Waals surface area (Å²) in [5.41, 5.74) is -0.758. The number of hydrogen-bond acceptors (Lipinski definition) is 4. The molecule has 1 saturated heterocycles. The van der Waals surface area contributed by atoms with Gasteiger partial charge in [-0.15, -0.1) is 0 Å². The van der Waals surface area contributed by atoms with E-state index in [-0.39, 0.29) is 31.4 Å². The van der Waals surface area contributed by atoms with Crippen molar-refractivity contribution in [3.8, 4) is 5.75 Å². The zero-order chi connectivity index (χ0) is 19.4. The van der Waals surface area contributed by atoms with Gasteiger partial charge in [0, 0.05) is 13.1 Å². The topological polar surface area (TPSA) is 75.7 Å². The van der Waals surface area contributed by atoms with Crippen LogP contribution in [-0.4, -0.2) is 51.1 Å². The van der Waals surface area contributed by atoms with Crippen molar-refractivity contribution in [2.75, 3.05) is 32.5 Å². The van der Waals surface area contributed by atoms with Gasteiger partial charge in [0.05, 0.1) is 24.3 Å². The van der Waals surface area contributed by atoms with Gasteiger partial charge in [-0.2, -0.15) is 13.2 Å². The molecule has 1 unspecified atom stereocenters. The molecule has 0 spiro atoms. The zero-order valence-electron chi connectivity index (χ0n) is 14.3. The van der Waals surface area contributed by atoms with E-state index in [2.05, 4.69) is 5.32 Å². The number of benzene rings is 1. The van der Waals surface area contributed by atoms with Crippen molar-refractivity contribution >= 4 is 15.9 Å². The van der Waals surface area contributed by atoms with Crippen molar-refractivity contribution in [3.05, 3.63) is 29.8 Å². The van der Waals surface area contributed by atoms with Crippen LogP contribution in [0.3, 0.4) is 0 Å². The van der Waals surface area contributed by atoms with Crippen LogP contribution in [0, 0.1) is 5.92 Å². The van der Waals surface area contributed by atoms with E-state index in [0.717, 1.165) is 18.4 Å². The summed E-state index contributed by atoms with van der Waals surface area (Å²) in [5, 5.41) is 2.66. The Morgan fingerprint density at radius 2 is 1.96 bits per heavy atom. The fourth-order valence-electron chi connectivity index (χ4n) is 2.69. The summed E-state index contributed by atoms with van der Waals surface area (Å²) >= 11 is 0. The van der Waals surface area contributed by atoms with Gasteiger partial charge in [0.25, 0.3) is 0 Å². The molecule has 0 radical (unpaired) electrons. The molecule has 0 aromatic heterocycles. The molecule has 0 bridgehead atoms. The van der Waals surface area contributed by atoms with Gasteiger partial charge >= 0.3 is 6.18 Å². The molecular formula is C16H21F3N2O4S. The number of amides is 1. The van der Waals surface area contributed by atoms with Gasteiger partial charge in [0.1, 0.15) is 12.4 Å². The number of nitrogens with zero attached hydrogens (tertiary/aromatic N) is 1. The molecule has 1 aromatic carbocycles. The van der Waals surface area contributed by atoms with Crippen molar-refractivity contribution in [2.45, 2.75) is 19.0 Å². The number of piperidine rings is 1. The Kier molecular flexibility index (Phi) is 6.51. The maximum atomic E-state index is 12.5. The van der Waals surface area contributed by atoms with E-state index < -0.39 is 27.7 Å². The normalized spacial score (nSPS) is 19.2. The van der Waals surface area contributed by atoms with Crippen LogP contribution in [0.1, 0.15) is 18.4 Å². The molecule has 26 heavy (non-hydrogen) atoms. The highest BCUT2D eigenvalue weighted by Gasteiger charge is 2.30. The predicted molar refractivity (Wildman–Crippen MR) is 89.1 cm³/mol. The summed E-state index contributed by atoms with van der Waals surface area (Å²) in [6.07, 6.45) is -2.05. The van der Waals surface area contributed by atoms with Crippen LogP contribution < -0.4 is 10.1 Å². The number of carbonyl (C=O) groups excluding carboxylic acids is 1. The van der Waals surface area contributed by atoms with Gasteiger partial charge in [0.15, 0.2) is 0 Å². The lowest BCUT2D eigenvalue weighted by molar-refractivity contribution is -0.137. The molecule has 1 amide bonds. The van der Waals surface area contributed by atoms with E-state index in [4.69, 9.17) is 4.74 Å². The summed E-state index contributed by atoms with van der Waals surface area (Å²) in [5.74, 6) is -0.396. The number of ether oxygens (including phenoxy) is 1. The number of nitrogens with one attached hydrogen (secondary N) is 1. The molecule has 0 saturated carbocycles. The minimum Gasteiger partial charge on any atom is -0.492 e. The van der Waals surface area contributed by atoms with Gasteiger partial charge in [-0.25, -0.2) is 12.7 Å². The fourth-order valence-corrected chi connectivity index (χ4v) is 3.60. The van der Waals surface area contributed by atoms with Crippen LogP contribution in [0.15, 0.2) is 24.3 Å². The Morgan fingerprint density at radius 1 is 1.31 bits per heavy atom. The van der Waals surface area contributed by atoms with Crippen molar-refractivity contribution in [1.29, 1.82) is 0 Å². The molecule has 6 nitrogen and oxygen atoms in total. The molecule has 1 aromatic rings. The van der Waals surface area contributed by atoms with Gasteiger partial charge in [0.2, 0.25) is 15.9 Å². The van der Waals surface area contributed by atoms with Crippen LogP contribution in [-0.2, 0) is 21.0 Å². The maximum Gasteiger partial charge on any atom is 0.416 e. The lowest BCUT2D eigenvalue weighted by Crippen LogP contribution is -2.45. The third-order valence-electron chi connectivity index (χ3n) is 4.08. The molecule has 1 aliphatic rings. The average Bonchev–Trinajstić information content (AvgIpc) is 2.57. The van der Waals surface area contributed by atoms with E-state index in [0.29, 0.717) is 19.4 Å². The van der Waals surface area contributed by atoms with Crippen LogP contribution in [0.4, 0.5) is 13.2 Å². The van der Waals surface area contributed by atoms with Gasteiger partial charge in [-0.3, -0.25) is 4.79 Å². The van der Waals surface area contributed by atoms with E-state index in [1.54, 1.807) is 0 Å². The summed E-state index contributed by atoms with van der Waals surface area (Å²) in [6, 6.07) is 4.29. The standard InChI is InChI=1S/C16H21F3N2O4S/c1-26(23,24)21-9-2-3-12(11-21)15(22)20-8-10-25-14-6-4-13(5-7-14)16(17,18)19/h4-7,12H,2-3,8-11H2,1H3,(H,20,22). The summed E-state index contributed by atoms with van der Waals surface area (Å²) in [6.45, 7) is 0.846. The Morgan fingerprint density at radius 3 is 2.54 bits per heavy atom. The number of rotatable bonds is 6. The number of halogens is 3. The molecule has 146 valence electrons. The minimum atomic E-state index is -4.40. The third kappa shape index (κ3) is 5.87. The van der Waals surface area contributed by atoms with Crippen LogP contribution >= 0.6 is 0 Å². The molecule has 1 heterocycles. The molecule has 10 heteroatoms. The number of sulfonamides is 1. The molecule has 2 rings (SSSR count). The second-order valence-corrected chi connectivity index (χ2v) is 8.10. The zero-order valence-corrected chi connectivity index (χ0v) is 15.1. The largest absolute Gasteiger partial charge is 0.492 e. The molecule has 1 aliphatic heterocycles. The molecule has 1 N–H and O–H groups in total. The molecule has 1 fully saturated rings. The van der Waals surface area contributed by atoms with E-state index in [1.165, 1.54) is 16.4 Å². The number of hydrogen-bond donors (Lipinski definition) is 1. The van der Waals surface area contributed by atoms with Gasteiger partial charge in [-0.05, 0) is 37.1 Å². The Labute approximate surface area is 150 Å². The second kappa shape index (κ2) is 8.26. The Balaban J connectivity index is 1.75. The Hall–Kier alpha value is -1.81. The first-order chi connectivity index (χ1) is 12.1. The maximum absolute atomic E-state index is 12.5. The van der Waals surface area contributed by atoms with Gasteiger partial charge < -0.3 is 10.1 Å². The Bertz CT molecular complexity index is 720. The van der Waals surface area contributed by atoms with E-state index in [9.17, 15) is 26.4 Å². The van der Waals surface area contributed by atoms with E-state index in [1.807, 2.05) is 0 Å². The fraction of sp³-hybridized carbons (Fsp3) is 0.562. The average molecular weight is 394 g/mol. The predicted octanol–water partition coefficient (Wildman–Crippen LogP) is 1.87. The molecular weight excluding hydrogens is 373 g/mol. The van der Waals surface area contributed by atoms with Gasteiger partial charge in [-0.1, -0.05) is 0 Å². The lowest BCUT2D eigenvalue weighted by atomic mass is 9.99.